The van der Waals surface area contributed by atoms with Crippen molar-refractivity contribution in [1.82, 2.24) is 4.98 Å². The van der Waals surface area contributed by atoms with Crippen molar-refractivity contribution in [3.05, 3.63) is 29.6 Å². The number of carbonyl (C=O) groups excluding carboxylic acids is 2. The molecule has 1 aliphatic heterocycles. The van der Waals surface area contributed by atoms with E-state index in [2.05, 4.69) is 10.3 Å². The zero-order chi connectivity index (χ0) is 19.9. The molecule has 0 spiro atoms. The number of thiazole rings is 1. The van der Waals surface area contributed by atoms with Crippen LogP contribution in [-0.2, 0) is 14.3 Å². The third-order valence-corrected chi connectivity index (χ3v) is 5.54. The molecule has 2 N–H and O–H groups in total. The van der Waals surface area contributed by atoms with Crippen molar-refractivity contribution in [1.29, 1.82) is 0 Å². The quantitative estimate of drug-likeness (QED) is 0.686. The Morgan fingerprint density at radius 3 is 2.82 bits per heavy atom. The Balaban J connectivity index is 1.53. The molecule has 28 heavy (non-hydrogen) atoms. The van der Waals surface area contributed by atoms with Gasteiger partial charge in [-0.05, 0) is 44.0 Å². The van der Waals surface area contributed by atoms with Gasteiger partial charge in [0, 0.05) is 10.9 Å². The molecule has 2 atom stereocenters. The molecule has 2 heterocycles. The van der Waals surface area contributed by atoms with Crippen molar-refractivity contribution < 1.29 is 24.0 Å². The maximum atomic E-state index is 12.4. The maximum Gasteiger partial charge on any atom is 0.314 e. The number of hydrogen-bond donors (Lipinski definition) is 2. The van der Waals surface area contributed by atoms with Gasteiger partial charge in [-0.2, -0.15) is 0 Å². The molecule has 0 aliphatic carbocycles. The van der Waals surface area contributed by atoms with Gasteiger partial charge in [0.25, 0.3) is 5.91 Å². The first-order valence-corrected chi connectivity index (χ1v) is 10.4. The first-order chi connectivity index (χ1) is 13.6. The molecule has 1 aromatic heterocycles. The topological polar surface area (TPSA) is 82.0 Å². The van der Waals surface area contributed by atoms with Gasteiger partial charge in [0.05, 0.1) is 32.5 Å². The van der Waals surface area contributed by atoms with Gasteiger partial charge in [0.2, 0.25) is 0 Å². The Labute approximate surface area is 168 Å². The molecule has 1 fully saturated rings. The lowest BCUT2D eigenvalue weighted by Crippen LogP contribution is -3.14. The number of benzene rings is 1. The highest BCUT2D eigenvalue weighted by atomic mass is 32.1. The third-order valence-electron chi connectivity index (χ3n) is 4.78. The van der Waals surface area contributed by atoms with E-state index >= 15 is 0 Å². The number of nitrogens with one attached hydrogen (secondary N) is 2. The number of piperidine rings is 1. The smallest absolute Gasteiger partial charge is 0.314 e. The van der Waals surface area contributed by atoms with Crippen LogP contribution in [0.5, 0.6) is 5.75 Å². The monoisotopic (exact) mass is 404 g/mol. The van der Waals surface area contributed by atoms with Crippen molar-refractivity contribution in [3.63, 3.8) is 0 Å². The van der Waals surface area contributed by atoms with Crippen LogP contribution in [0.25, 0.3) is 11.3 Å². The van der Waals surface area contributed by atoms with Gasteiger partial charge < -0.3 is 14.4 Å². The number of methoxy groups -OCH3 is 1. The molecule has 0 radical (unpaired) electrons. The van der Waals surface area contributed by atoms with E-state index in [0.717, 1.165) is 41.3 Å². The van der Waals surface area contributed by atoms with Crippen molar-refractivity contribution >= 4 is 28.3 Å². The Hall–Kier alpha value is -2.45. The summed E-state index contributed by atoms with van der Waals surface area (Å²) >= 11 is 1.40. The van der Waals surface area contributed by atoms with Crippen LogP contribution < -0.4 is 15.0 Å². The van der Waals surface area contributed by atoms with Crippen LogP contribution in [0.2, 0.25) is 0 Å². The average Bonchev–Trinajstić information content (AvgIpc) is 3.16. The molecule has 8 heteroatoms. The number of amides is 1. The number of rotatable bonds is 7. The Morgan fingerprint density at radius 1 is 1.32 bits per heavy atom. The summed E-state index contributed by atoms with van der Waals surface area (Å²) in [4.78, 5) is 30.0. The first-order valence-electron chi connectivity index (χ1n) is 9.49. The highest BCUT2D eigenvalue weighted by molar-refractivity contribution is 7.14. The predicted molar refractivity (Wildman–Crippen MR) is 108 cm³/mol. The van der Waals surface area contributed by atoms with Crippen LogP contribution in [0.1, 0.15) is 19.8 Å². The minimum atomic E-state index is -0.149. The summed E-state index contributed by atoms with van der Waals surface area (Å²) in [6.07, 6.45) is 1.76. The van der Waals surface area contributed by atoms with Crippen molar-refractivity contribution in [2.45, 2.75) is 19.8 Å². The second-order valence-corrected chi connectivity index (χ2v) is 7.64. The lowest BCUT2D eigenvalue weighted by atomic mass is 9.98. The van der Waals surface area contributed by atoms with Gasteiger partial charge in [0.15, 0.2) is 11.7 Å². The SMILES string of the molecule is CCOC(=O)[C@H]1CCC[NH+](CC(=O)Nc2nc(-c3ccc(OC)cc3)cs2)C1. The van der Waals surface area contributed by atoms with E-state index in [1.54, 1.807) is 7.11 Å². The summed E-state index contributed by atoms with van der Waals surface area (Å²) in [5.74, 6) is 0.440. The average molecular weight is 405 g/mol. The Morgan fingerprint density at radius 2 is 2.11 bits per heavy atom. The fourth-order valence-electron chi connectivity index (χ4n) is 3.39. The van der Waals surface area contributed by atoms with Crippen LogP contribution in [0.15, 0.2) is 29.6 Å². The summed E-state index contributed by atoms with van der Waals surface area (Å²) in [7, 11) is 1.63. The molecule has 0 bridgehead atoms. The van der Waals surface area contributed by atoms with E-state index < -0.39 is 0 Å². The van der Waals surface area contributed by atoms with Gasteiger partial charge in [-0.15, -0.1) is 11.3 Å². The van der Waals surface area contributed by atoms with Crippen molar-refractivity contribution in [2.24, 2.45) is 5.92 Å². The molecule has 3 rings (SSSR count). The summed E-state index contributed by atoms with van der Waals surface area (Å²) in [5.41, 5.74) is 1.78. The minimum Gasteiger partial charge on any atom is -0.497 e. The van der Waals surface area contributed by atoms with Gasteiger partial charge in [-0.1, -0.05) is 0 Å². The van der Waals surface area contributed by atoms with Crippen LogP contribution >= 0.6 is 11.3 Å². The summed E-state index contributed by atoms with van der Waals surface area (Å²) in [5, 5.41) is 5.37. The van der Waals surface area contributed by atoms with Crippen LogP contribution in [0.3, 0.4) is 0 Å². The first kappa shape index (κ1) is 20.3. The Bertz CT molecular complexity index is 806. The molecule has 150 valence electrons. The zero-order valence-corrected chi connectivity index (χ0v) is 17.0. The van der Waals surface area contributed by atoms with E-state index in [4.69, 9.17) is 9.47 Å². The number of aromatic nitrogens is 1. The summed E-state index contributed by atoms with van der Waals surface area (Å²) < 4.78 is 10.3. The van der Waals surface area contributed by atoms with E-state index in [1.165, 1.54) is 11.3 Å². The molecular weight excluding hydrogens is 378 g/mol. The van der Waals surface area contributed by atoms with Gasteiger partial charge in [-0.3, -0.25) is 14.9 Å². The van der Waals surface area contributed by atoms with Crippen LogP contribution in [0.4, 0.5) is 5.13 Å². The number of nitrogens with zero attached hydrogens (tertiary/aromatic N) is 1. The number of likely N-dealkylation sites (tertiary alicyclic amines) is 1. The maximum absolute atomic E-state index is 12.4. The summed E-state index contributed by atoms with van der Waals surface area (Å²) in [6.45, 7) is 4.06. The van der Waals surface area contributed by atoms with Crippen LogP contribution in [0, 0.1) is 5.92 Å². The number of anilines is 1. The van der Waals surface area contributed by atoms with Crippen LogP contribution in [-0.4, -0.2) is 50.2 Å². The highest BCUT2D eigenvalue weighted by Crippen LogP contribution is 2.26. The van der Waals surface area contributed by atoms with Crippen molar-refractivity contribution in [3.8, 4) is 17.0 Å². The van der Waals surface area contributed by atoms with Gasteiger partial charge in [0.1, 0.15) is 11.7 Å². The number of hydrogen-bond acceptors (Lipinski definition) is 6. The molecule has 1 saturated heterocycles. The fourth-order valence-corrected chi connectivity index (χ4v) is 4.12. The molecule has 2 aromatic rings. The summed E-state index contributed by atoms with van der Waals surface area (Å²) in [6, 6.07) is 7.64. The standard InChI is InChI=1S/C20H25N3O4S/c1-3-27-19(25)15-5-4-10-23(11-15)12-18(24)22-20-21-17(13-28-20)14-6-8-16(26-2)9-7-14/h6-9,13,15H,3-5,10-12H2,1-2H3,(H,21,22,24)/p+1/t15-/m0/s1. The lowest BCUT2D eigenvalue weighted by molar-refractivity contribution is -0.899. The molecule has 7 nitrogen and oxygen atoms in total. The largest absolute Gasteiger partial charge is 0.497 e. The number of esters is 1. The molecule has 1 aliphatic rings. The molecule has 1 aromatic carbocycles. The normalized spacial score (nSPS) is 19.1. The van der Waals surface area contributed by atoms with Gasteiger partial charge >= 0.3 is 5.97 Å². The number of carbonyl (C=O) groups is 2. The Kier molecular flexibility index (Phi) is 7.00. The van der Waals surface area contributed by atoms with E-state index in [1.807, 2.05) is 36.6 Å². The zero-order valence-electron chi connectivity index (χ0n) is 16.2. The number of quaternary nitrogens is 1. The van der Waals surface area contributed by atoms with E-state index in [9.17, 15) is 9.59 Å². The molecular formula is C20H26N3O4S+. The fraction of sp³-hybridized carbons (Fsp3) is 0.450. The van der Waals surface area contributed by atoms with E-state index in [-0.39, 0.29) is 17.8 Å². The van der Waals surface area contributed by atoms with Crippen molar-refractivity contribution in [2.75, 3.05) is 38.7 Å². The second kappa shape index (κ2) is 9.66. The van der Waals surface area contributed by atoms with Gasteiger partial charge in [-0.25, -0.2) is 4.98 Å². The third kappa shape index (κ3) is 5.30. The minimum absolute atomic E-state index is 0.0878. The molecule has 1 amide bonds. The molecule has 0 saturated carbocycles. The van der Waals surface area contributed by atoms with E-state index in [0.29, 0.717) is 24.8 Å². The molecule has 1 unspecified atom stereocenters. The lowest BCUT2D eigenvalue weighted by Gasteiger charge is -2.28. The number of ether oxygens (including phenoxy) is 2. The second-order valence-electron chi connectivity index (χ2n) is 6.79. The highest BCUT2D eigenvalue weighted by Gasteiger charge is 2.30. The predicted octanol–water partition coefficient (Wildman–Crippen LogP) is 1.62.